The predicted molar refractivity (Wildman–Crippen MR) is 63.8 cm³/mol. The molecule has 0 aromatic heterocycles. The third-order valence-corrected chi connectivity index (χ3v) is 4.64. The molecule has 0 spiro atoms. The van der Waals surface area contributed by atoms with Gasteiger partial charge in [0.15, 0.2) is 0 Å². The molecule has 1 aliphatic rings. The molecule has 0 radical (unpaired) electrons. The summed E-state index contributed by atoms with van der Waals surface area (Å²) >= 11 is 0. The van der Waals surface area contributed by atoms with Gasteiger partial charge in [-0.15, -0.1) is 0 Å². The van der Waals surface area contributed by atoms with Gasteiger partial charge in [-0.1, -0.05) is 27.7 Å². The van der Waals surface area contributed by atoms with E-state index in [1.54, 1.807) is 7.11 Å². The maximum atomic E-state index is 5.56. The number of methoxy groups -OCH3 is 1. The lowest BCUT2D eigenvalue weighted by Gasteiger charge is -2.14. The number of hydrogen-bond acceptors (Lipinski definition) is 3. The number of hydrogen-bond donors (Lipinski definition) is 2. The molecule has 1 rings (SSSR count). The summed E-state index contributed by atoms with van der Waals surface area (Å²) in [6.45, 7) is 11.9. The van der Waals surface area contributed by atoms with Crippen LogP contribution in [0.15, 0.2) is 0 Å². The van der Waals surface area contributed by atoms with Gasteiger partial charge >= 0.3 is 0 Å². The highest BCUT2D eigenvalue weighted by Gasteiger charge is 2.63. The number of ether oxygens (including phenoxy) is 1. The Kier molecular flexibility index (Phi) is 3.80. The minimum Gasteiger partial charge on any atom is -0.379 e. The summed E-state index contributed by atoms with van der Waals surface area (Å²) < 4.78 is 5.22. The van der Waals surface area contributed by atoms with Gasteiger partial charge < -0.3 is 15.8 Å². The lowest BCUT2D eigenvalue weighted by atomic mass is 10.0. The molecule has 3 N–H and O–H groups in total. The van der Waals surface area contributed by atoms with Crippen LogP contribution in [-0.4, -0.2) is 32.8 Å². The first-order valence-electron chi connectivity index (χ1n) is 5.81. The summed E-state index contributed by atoms with van der Waals surface area (Å²) in [6, 6.07) is 0. The van der Waals surface area contributed by atoms with E-state index >= 15 is 0 Å². The first kappa shape index (κ1) is 12.9. The van der Waals surface area contributed by atoms with Crippen LogP contribution in [0.1, 0.15) is 27.7 Å². The van der Waals surface area contributed by atoms with Crippen molar-refractivity contribution >= 4 is 0 Å². The Morgan fingerprint density at radius 3 is 2.13 bits per heavy atom. The molecule has 1 aliphatic carbocycles. The number of nitrogens with two attached hydrogens (primary N) is 1. The fraction of sp³-hybridized carbons (Fsp3) is 1.00. The molecule has 3 nitrogen and oxygen atoms in total. The maximum Gasteiger partial charge on any atom is 0.0817 e. The third kappa shape index (κ3) is 2.35. The van der Waals surface area contributed by atoms with Gasteiger partial charge in [-0.2, -0.15) is 0 Å². The quantitative estimate of drug-likeness (QED) is 0.699. The fourth-order valence-corrected chi connectivity index (χ4v) is 2.50. The van der Waals surface area contributed by atoms with Gasteiger partial charge in [0.05, 0.1) is 6.10 Å². The average molecular weight is 214 g/mol. The Labute approximate surface area is 93.8 Å². The van der Waals surface area contributed by atoms with Crippen molar-refractivity contribution in [1.29, 1.82) is 0 Å². The van der Waals surface area contributed by atoms with Crippen LogP contribution in [0.5, 0.6) is 0 Å². The van der Waals surface area contributed by atoms with Gasteiger partial charge in [-0.05, 0) is 23.3 Å². The molecule has 0 aromatic rings. The van der Waals surface area contributed by atoms with Crippen molar-refractivity contribution in [3.05, 3.63) is 0 Å². The predicted octanol–water partition coefficient (Wildman–Crippen LogP) is 1.23. The minimum absolute atomic E-state index is 0.148. The molecule has 0 aromatic carbocycles. The normalized spacial score (nSPS) is 25.2. The number of rotatable bonds is 6. The van der Waals surface area contributed by atoms with Crippen LogP contribution in [0.4, 0.5) is 0 Å². The molecule has 0 saturated heterocycles. The highest BCUT2D eigenvalue weighted by molar-refractivity contribution is 5.12. The largest absolute Gasteiger partial charge is 0.379 e. The van der Waals surface area contributed by atoms with E-state index in [2.05, 4.69) is 33.0 Å². The van der Waals surface area contributed by atoms with Gasteiger partial charge in [-0.3, -0.25) is 0 Å². The fourth-order valence-electron chi connectivity index (χ4n) is 2.50. The van der Waals surface area contributed by atoms with E-state index in [0.717, 1.165) is 19.0 Å². The molecule has 1 unspecified atom stereocenters. The highest BCUT2D eigenvalue weighted by Crippen LogP contribution is 2.67. The van der Waals surface area contributed by atoms with Crippen LogP contribution in [0.25, 0.3) is 0 Å². The molecule has 1 atom stereocenters. The minimum atomic E-state index is 0.148. The van der Waals surface area contributed by atoms with Crippen LogP contribution in [0.3, 0.4) is 0 Å². The maximum absolute atomic E-state index is 5.56. The lowest BCUT2D eigenvalue weighted by Crippen LogP contribution is -2.35. The molecular weight excluding hydrogens is 188 g/mol. The highest BCUT2D eigenvalue weighted by atomic mass is 16.5. The Morgan fingerprint density at radius 1 is 1.27 bits per heavy atom. The Morgan fingerprint density at radius 2 is 1.80 bits per heavy atom. The molecule has 90 valence electrons. The van der Waals surface area contributed by atoms with Gasteiger partial charge in [0.2, 0.25) is 0 Å². The molecule has 0 heterocycles. The third-order valence-electron chi connectivity index (χ3n) is 4.64. The van der Waals surface area contributed by atoms with Crippen LogP contribution in [0, 0.1) is 16.7 Å². The van der Waals surface area contributed by atoms with E-state index in [1.807, 2.05) is 0 Å². The van der Waals surface area contributed by atoms with E-state index < -0.39 is 0 Å². The standard InChI is InChI=1S/C12H26N2O/c1-11(2)10(12(11,3)4)8-14-7-9(6-13)15-5/h9-10,14H,6-8,13H2,1-5H3. The molecule has 0 aliphatic heterocycles. The smallest absolute Gasteiger partial charge is 0.0817 e. The summed E-state index contributed by atoms with van der Waals surface area (Å²) in [5, 5.41) is 3.46. The van der Waals surface area contributed by atoms with Crippen molar-refractivity contribution in [2.75, 3.05) is 26.7 Å². The molecule has 0 bridgehead atoms. The average Bonchev–Trinajstić information content (AvgIpc) is 2.54. The summed E-state index contributed by atoms with van der Waals surface area (Å²) in [7, 11) is 1.71. The van der Waals surface area contributed by atoms with Gasteiger partial charge in [0.1, 0.15) is 0 Å². The van der Waals surface area contributed by atoms with E-state index in [0.29, 0.717) is 17.4 Å². The van der Waals surface area contributed by atoms with E-state index in [4.69, 9.17) is 10.5 Å². The van der Waals surface area contributed by atoms with Gasteiger partial charge in [0, 0.05) is 20.2 Å². The molecule has 15 heavy (non-hydrogen) atoms. The molecule has 1 saturated carbocycles. The summed E-state index contributed by atoms with van der Waals surface area (Å²) in [5.74, 6) is 0.764. The molecule has 1 fully saturated rings. The monoisotopic (exact) mass is 214 g/mol. The topological polar surface area (TPSA) is 47.3 Å². The van der Waals surface area contributed by atoms with Crippen LogP contribution in [0.2, 0.25) is 0 Å². The first-order valence-corrected chi connectivity index (χ1v) is 5.81. The Balaban J connectivity index is 2.23. The van der Waals surface area contributed by atoms with Gasteiger partial charge in [-0.25, -0.2) is 0 Å². The van der Waals surface area contributed by atoms with Crippen molar-refractivity contribution in [1.82, 2.24) is 5.32 Å². The van der Waals surface area contributed by atoms with E-state index in [9.17, 15) is 0 Å². The van der Waals surface area contributed by atoms with Crippen molar-refractivity contribution in [3.8, 4) is 0 Å². The summed E-state index contributed by atoms with van der Waals surface area (Å²) in [5.41, 5.74) is 6.48. The van der Waals surface area contributed by atoms with Crippen molar-refractivity contribution < 1.29 is 4.74 Å². The van der Waals surface area contributed by atoms with Gasteiger partial charge in [0.25, 0.3) is 0 Å². The summed E-state index contributed by atoms with van der Waals surface area (Å²) in [6.07, 6.45) is 0.148. The lowest BCUT2D eigenvalue weighted by molar-refractivity contribution is 0.108. The molecule has 0 amide bonds. The van der Waals surface area contributed by atoms with Crippen molar-refractivity contribution in [3.63, 3.8) is 0 Å². The van der Waals surface area contributed by atoms with Crippen molar-refractivity contribution in [2.24, 2.45) is 22.5 Å². The van der Waals surface area contributed by atoms with E-state index in [-0.39, 0.29) is 6.10 Å². The second-order valence-corrected chi connectivity index (χ2v) is 5.75. The first-order chi connectivity index (χ1) is 6.87. The zero-order chi connectivity index (χ0) is 11.7. The van der Waals surface area contributed by atoms with E-state index in [1.165, 1.54) is 0 Å². The zero-order valence-corrected chi connectivity index (χ0v) is 10.8. The van der Waals surface area contributed by atoms with Crippen LogP contribution >= 0.6 is 0 Å². The SMILES string of the molecule is COC(CN)CNCC1C(C)(C)C1(C)C. The Hall–Kier alpha value is -0.120. The second-order valence-electron chi connectivity index (χ2n) is 5.75. The second kappa shape index (κ2) is 4.40. The Bertz CT molecular complexity index is 196. The zero-order valence-electron chi connectivity index (χ0n) is 10.8. The van der Waals surface area contributed by atoms with Crippen LogP contribution in [-0.2, 0) is 4.74 Å². The molecule has 3 heteroatoms. The molecular formula is C12H26N2O. The summed E-state index contributed by atoms with van der Waals surface area (Å²) in [4.78, 5) is 0. The van der Waals surface area contributed by atoms with Crippen LogP contribution < -0.4 is 11.1 Å². The number of nitrogens with one attached hydrogen (secondary N) is 1. The van der Waals surface area contributed by atoms with Crippen molar-refractivity contribution in [2.45, 2.75) is 33.8 Å².